The molecule has 0 saturated heterocycles. The lowest BCUT2D eigenvalue weighted by Gasteiger charge is -2.24. The number of nitrogens with one attached hydrogen (secondary N) is 2. The van der Waals surface area contributed by atoms with Crippen molar-refractivity contribution in [3.63, 3.8) is 0 Å². The second kappa shape index (κ2) is 7.23. The smallest absolute Gasteiger partial charge is 0.407 e. The first-order chi connectivity index (χ1) is 9.87. The van der Waals surface area contributed by atoms with E-state index in [4.69, 9.17) is 4.74 Å². The molecule has 5 heteroatoms. The normalized spacial score (nSPS) is 33.1. The Morgan fingerprint density at radius 1 is 1.14 bits per heavy atom. The molecule has 2 N–H and O–H groups in total. The van der Waals surface area contributed by atoms with Gasteiger partial charge < -0.3 is 15.4 Å². The molecule has 4 atom stereocenters. The molecule has 2 aliphatic rings. The number of hydrogen-bond donors (Lipinski definition) is 2. The molecule has 122 valence electrons. The van der Waals surface area contributed by atoms with Gasteiger partial charge >= 0.3 is 6.09 Å². The third kappa shape index (κ3) is 5.37. The topological polar surface area (TPSA) is 50.4 Å². The van der Waals surface area contributed by atoms with Crippen molar-refractivity contribution in [2.24, 2.45) is 0 Å². The Balaban J connectivity index is 1.72. The number of rotatable bonds is 4. The number of ether oxygens (including phenoxy) is 1. The van der Waals surface area contributed by atoms with Crippen molar-refractivity contribution in [2.75, 3.05) is 6.26 Å². The molecule has 2 fully saturated rings. The van der Waals surface area contributed by atoms with Crippen LogP contribution < -0.4 is 10.6 Å². The van der Waals surface area contributed by atoms with Gasteiger partial charge in [-0.05, 0) is 59.1 Å². The second-order valence-corrected chi connectivity index (χ2v) is 8.41. The van der Waals surface area contributed by atoms with Gasteiger partial charge in [0.1, 0.15) is 5.60 Å². The van der Waals surface area contributed by atoms with Crippen molar-refractivity contribution < 1.29 is 9.53 Å². The van der Waals surface area contributed by atoms with Crippen LogP contribution in [0.4, 0.5) is 4.79 Å². The van der Waals surface area contributed by atoms with E-state index in [0.717, 1.165) is 24.5 Å². The standard InChI is InChI=1S/C16H30N2O2S/c1-16(2,3)20-15(19)18-12-9-8-11(10-12)17-13-6-5-7-14(13)21-4/h11-14,17H,5-10H2,1-4H3,(H,18,19). The molecule has 2 rings (SSSR count). The summed E-state index contributed by atoms with van der Waals surface area (Å²) in [4.78, 5) is 11.8. The van der Waals surface area contributed by atoms with E-state index in [-0.39, 0.29) is 12.1 Å². The fourth-order valence-electron chi connectivity index (χ4n) is 3.44. The highest BCUT2D eigenvalue weighted by molar-refractivity contribution is 7.99. The lowest BCUT2D eigenvalue weighted by atomic mass is 10.1. The molecule has 0 radical (unpaired) electrons. The van der Waals surface area contributed by atoms with Gasteiger partial charge in [0, 0.05) is 23.4 Å². The number of carbonyl (C=O) groups excluding carboxylic acids is 1. The molecule has 21 heavy (non-hydrogen) atoms. The van der Waals surface area contributed by atoms with Gasteiger partial charge in [-0.25, -0.2) is 4.79 Å². The van der Waals surface area contributed by atoms with Gasteiger partial charge in [-0.15, -0.1) is 0 Å². The number of hydrogen-bond acceptors (Lipinski definition) is 4. The first kappa shape index (κ1) is 16.9. The fraction of sp³-hybridized carbons (Fsp3) is 0.938. The number of alkyl carbamates (subject to hydrolysis) is 1. The molecule has 2 aliphatic carbocycles. The van der Waals surface area contributed by atoms with E-state index < -0.39 is 5.60 Å². The van der Waals surface area contributed by atoms with Crippen LogP contribution in [0, 0.1) is 0 Å². The molecule has 0 spiro atoms. The summed E-state index contributed by atoms with van der Waals surface area (Å²) >= 11 is 1.99. The van der Waals surface area contributed by atoms with Crippen LogP contribution in [0.5, 0.6) is 0 Å². The van der Waals surface area contributed by atoms with Gasteiger partial charge in [-0.3, -0.25) is 0 Å². The lowest BCUT2D eigenvalue weighted by Crippen LogP contribution is -2.42. The van der Waals surface area contributed by atoms with Crippen molar-refractivity contribution in [3.05, 3.63) is 0 Å². The first-order valence-electron chi connectivity index (χ1n) is 8.16. The van der Waals surface area contributed by atoms with E-state index in [1.54, 1.807) is 0 Å². The quantitative estimate of drug-likeness (QED) is 0.836. The highest BCUT2D eigenvalue weighted by Crippen LogP contribution is 2.30. The largest absolute Gasteiger partial charge is 0.444 e. The summed E-state index contributed by atoms with van der Waals surface area (Å²) in [6.07, 6.45) is 9.14. The first-order valence-corrected chi connectivity index (χ1v) is 9.44. The van der Waals surface area contributed by atoms with E-state index in [9.17, 15) is 4.79 Å². The maximum absolute atomic E-state index is 11.8. The molecule has 0 aromatic carbocycles. The van der Waals surface area contributed by atoms with Crippen LogP contribution in [0.25, 0.3) is 0 Å². The summed E-state index contributed by atoms with van der Waals surface area (Å²) in [5.74, 6) is 0. The SMILES string of the molecule is CSC1CCCC1NC1CCC(NC(=O)OC(C)(C)C)C1. The van der Waals surface area contributed by atoms with Gasteiger partial charge in [0.2, 0.25) is 0 Å². The molecule has 2 saturated carbocycles. The number of carbonyl (C=O) groups is 1. The Morgan fingerprint density at radius 2 is 1.86 bits per heavy atom. The molecular weight excluding hydrogens is 284 g/mol. The van der Waals surface area contributed by atoms with Crippen molar-refractivity contribution >= 4 is 17.9 Å². The zero-order valence-corrected chi connectivity index (χ0v) is 14.6. The Morgan fingerprint density at radius 3 is 2.52 bits per heavy atom. The molecule has 0 aromatic rings. The van der Waals surface area contributed by atoms with Crippen LogP contribution in [0.3, 0.4) is 0 Å². The highest BCUT2D eigenvalue weighted by atomic mass is 32.2. The summed E-state index contributed by atoms with van der Waals surface area (Å²) in [6.45, 7) is 5.69. The Hall–Kier alpha value is -0.420. The average Bonchev–Trinajstić information content (AvgIpc) is 2.96. The minimum absolute atomic E-state index is 0.256. The van der Waals surface area contributed by atoms with Gasteiger partial charge in [0.25, 0.3) is 0 Å². The monoisotopic (exact) mass is 314 g/mol. The second-order valence-electron chi connectivity index (χ2n) is 7.33. The van der Waals surface area contributed by atoms with Gasteiger partial charge in [0.15, 0.2) is 0 Å². The predicted molar refractivity (Wildman–Crippen MR) is 88.9 cm³/mol. The van der Waals surface area contributed by atoms with Gasteiger partial charge in [-0.1, -0.05) is 6.42 Å². The summed E-state index contributed by atoms with van der Waals surface area (Å²) in [5.41, 5.74) is -0.421. The van der Waals surface area contributed by atoms with Crippen LogP contribution in [-0.4, -0.2) is 41.3 Å². The Kier molecular flexibility index (Phi) is 5.83. The molecule has 4 unspecified atom stereocenters. The number of thioether (sulfide) groups is 1. The van der Waals surface area contributed by atoms with Crippen LogP contribution in [0.15, 0.2) is 0 Å². The van der Waals surface area contributed by atoms with Crippen molar-refractivity contribution in [3.8, 4) is 0 Å². The Bertz CT molecular complexity index is 357. The molecule has 4 nitrogen and oxygen atoms in total. The summed E-state index contributed by atoms with van der Waals surface area (Å²) in [7, 11) is 0. The van der Waals surface area contributed by atoms with E-state index in [2.05, 4.69) is 16.9 Å². The fourth-order valence-corrected chi connectivity index (χ4v) is 4.39. The molecule has 1 amide bonds. The van der Waals surface area contributed by atoms with Gasteiger partial charge in [0.05, 0.1) is 0 Å². The zero-order valence-electron chi connectivity index (χ0n) is 13.8. The van der Waals surface area contributed by atoms with Crippen LogP contribution in [0.1, 0.15) is 59.3 Å². The minimum Gasteiger partial charge on any atom is -0.444 e. The molecule has 0 heterocycles. The van der Waals surface area contributed by atoms with E-state index >= 15 is 0 Å². The number of amides is 1. The zero-order chi connectivity index (χ0) is 15.5. The highest BCUT2D eigenvalue weighted by Gasteiger charge is 2.32. The maximum atomic E-state index is 11.8. The molecule has 0 aromatic heterocycles. The van der Waals surface area contributed by atoms with Crippen molar-refractivity contribution in [1.29, 1.82) is 0 Å². The molecular formula is C16H30N2O2S. The summed E-state index contributed by atoms with van der Waals surface area (Å²) < 4.78 is 5.33. The maximum Gasteiger partial charge on any atom is 0.407 e. The molecule has 0 aliphatic heterocycles. The van der Waals surface area contributed by atoms with Crippen molar-refractivity contribution in [1.82, 2.24) is 10.6 Å². The summed E-state index contributed by atoms with van der Waals surface area (Å²) in [6, 6.07) is 1.46. The van der Waals surface area contributed by atoms with E-state index in [1.165, 1.54) is 19.3 Å². The van der Waals surface area contributed by atoms with Crippen LogP contribution in [-0.2, 0) is 4.74 Å². The summed E-state index contributed by atoms with van der Waals surface area (Å²) in [5, 5.41) is 7.59. The predicted octanol–water partition coefficient (Wildman–Crippen LogP) is 3.31. The van der Waals surface area contributed by atoms with Crippen molar-refractivity contribution in [2.45, 2.75) is 88.3 Å². The molecule has 0 bridgehead atoms. The third-order valence-electron chi connectivity index (χ3n) is 4.36. The Labute approximate surface area is 133 Å². The third-order valence-corrected chi connectivity index (χ3v) is 5.53. The minimum atomic E-state index is -0.421. The van der Waals surface area contributed by atoms with E-state index in [0.29, 0.717) is 12.1 Å². The van der Waals surface area contributed by atoms with E-state index in [1.807, 2.05) is 32.5 Å². The average molecular weight is 314 g/mol. The van der Waals surface area contributed by atoms with Crippen LogP contribution >= 0.6 is 11.8 Å². The lowest BCUT2D eigenvalue weighted by molar-refractivity contribution is 0.0505. The van der Waals surface area contributed by atoms with Gasteiger partial charge in [-0.2, -0.15) is 11.8 Å². The van der Waals surface area contributed by atoms with Crippen LogP contribution in [0.2, 0.25) is 0 Å².